The second kappa shape index (κ2) is 11.5. The molecule has 0 aliphatic heterocycles. The summed E-state index contributed by atoms with van der Waals surface area (Å²) in [6.07, 6.45) is 4.82. The number of hydrogen-bond acceptors (Lipinski definition) is 2. The van der Waals surface area contributed by atoms with Crippen molar-refractivity contribution < 1.29 is 8.85 Å². The molecule has 0 saturated heterocycles. The van der Waals surface area contributed by atoms with Crippen LogP contribution in [0.15, 0.2) is 97.1 Å². The van der Waals surface area contributed by atoms with Crippen LogP contribution in [0.2, 0.25) is 39.3 Å². The van der Waals surface area contributed by atoms with Crippen LogP contribution in [0.3, 0.4) is 0 Å². The number of para-hydroxylation sites is 2. The third-order valence-corrected chi connectivity index (χ3v) is 10.6. The Morgan fingerprint density at radius 2 is 0.762 bits per heavy atom. The van der Waals surface area contributed by atoms with Gasteiger partial charge in [0.2, 0.25) is 16.6 Å². The highest BCUT2D eigenvalue weighted by Crippen LogP contribution is 2.51. The van der Waals surface area contributed by atoms with Crippen molar-refractivity contribution in [1.29, 1.82) is 0 Å². The van der Waals surface area contributed by atoms with Gasteiger partial charge in [-0.25, -0.2) is 0 Å². The zero-order valence-electron chi connectivity index (χ0n) is 26.2. The number of hydrogen-bond donors (Lipinski definition) is 0. The van der Waals surface area contributed by atoms with Gasteiger partial charge in [0.05, 0.1) is 0 Å². The number of benzene rings is 4. The van der Waals surface area contributed by atoms with Crippen molar-refractivity contribution in [2.24, 2.45) is 0 Å². The van der Waals surface area contributed by atoms with Crippen LogP contribution in [0.25, 0.3) is 11.1 Å². The molecule has 4 heteroatoms. The van der Waals surface area contributed by atoms with Gasteiger partial charge in [0.15, 0.2) is 0 Å². The molecule has 0 atom stereocenters. The predicted octanol–water partition coefficient (Wildman–Crippen LogP) is 11.1. The van der Waals surface area contributed by atoms with Crippen LogP contribution in [0.5, 0.6) is 11.5 Å². The molecule has 0 aromatic heterocycles. The third kappa shape index (κ3) is 6.60. The van der Waals surface area contributed by atoms with Gasteiger partial charge in [-0.15, -0.1) is 0 Å². The van der Waals surface area contributed by atoms with E-state index in [4.69, 9.17) is 8.85 Å². The standard InChI is InChI=1S/C38H46O2Si2/c1-41(2,3)39-37-13-9-7-11-35(37)33-23-31(24-33)29-19-15-27(16-20-29)28-17-21-30(22-18-28)32-25-34(26-32)36-12-8-10-14-38(36)40-42(4,5)6/h7-22,31-34H,23-26H2,1-6H3. The van der Waals surface area contributed by atoms with Crippen molar-refractivity contribution in [2.45, 2.75) is 88.6 Å². The molecule has 2 nitrogen and oxygen atoms in total. The summed E-state index contributed by atoms with van der Waals surface area (Å²) in [5, 5.41) is 0. The van der Waals surface area contributed by atoms with Gasteiger partial charge in [-0.05, 0) is 134 Å². The van der Waals surface area contributed by atoms with E-state index in [0.29, 0.717) is 23.7 Å². The summed E-state index contributed by atoms with van der Waals surface area (Å²) in [4.78, 5) is 0. The SMILES string of the molecule is C[Si](C)(C)Oc1ccccc1C1CC(c2ccc(-c3ccc(C4CC(c5ccccc5O[Si](C)(C)C)C4)cc3)cc2)C1. The summed E-state index contributed by atoms with van der Waals surface area (Å²) in [6.45, 7) is 13.6. The summed E-state index contributed by atoms with van der Waals surface area (Å²) in [7, 11) is -3.25. The molecule has 2 fully saturated rings. The lowest BCUT2D eigenvalue weighted by molar-refractivity contribution is 0.345. The van der Waals surface area contributed by atoms with Crippen molar-refractivity contribution >= 4 is 16.6 Å². The molecule has 0 spiro atoms. The van der Waals surface area contributed by atoms with Crippen LogP contribution in [-0.4, -0.2) is 16.6 Å². The van der Waals surface area contributed by atoms with Gasteiger partial charge >= 0.3 is 0 Å². The fourth-order valence-electron chi connectivity index (χ4n) is 6.66. The first-order chi connectivity index (χ1) is 20.0. The summed E-state index contributed by atoms with van der Waals surface area (Å²) in [6, 6.07) is 36.1. The Labute approximate surface area is 255 Å². The zero-order valence-corrected chi connectivity index (χ0v) is 28.2. The number of rotatable bonds is 9. The normalized spacial score (nSPS) is 22.1. The van der Waals surface area contributed by atoms with Crippen LogP contribution in [-0.2, 0) is 0 Å². The average Bonchev–Trinajstić information content (AvgIpc) is 2.88. The monoisotopic (exact) mass is 590 g/mol. The first-order valence-corrected chi connectivity index (χ1v) is 22.6. The second-order valence-corrected chi connectivity index (χ2v) is 23.3. The molecule has 42 heavy (non-hydrogen) atoms. The fraction of sp³-hybridized carbons (Fsp3) is 0.368. The molecule has 0 unspecified atom stereocenters. The molecule has 4 aromatic rings. The van der Waals surface area contributed by atoms with E-state index in [0.717, 1.165) is 11.5 Å². The maximum atomic E-state index is 6.41. The summed E-state index contributed by atoms with van der Waals surface area (Å²) >= 11 is 0. The van der Waals surface area contributed by atoms with E-state index in [9.17, 15) is 0 Å². The van der Waals surface area contributed by atoms with Gasteiger partial charge in [0.25, 0.3) is 0 Å². The van der Waals surface area contributed by atoms with Crippen molar-refractivity contribution in [3.05, 3.63) is 119 Å². The Morgan fingerprint density at radius 1 is 0.429 bits per heavy atom. The highest BCUT2D eigenvalue weighted by molar-refractivity contribution is 6.70. The van der Waals surface area contributed by atoms with Gasteiger partial charge < -0.3 is 8.85 Å². The van der Waals surface area contributed by atoms with Crippen LogP contribution in [0.1, 0.15) is 71.6 Å². The Bertz CT molecular complexity index is 1380. The van der Waals surface area contributed by atoms with E-state index in [1.807, 2.05) is 0 Å². The Kier molecular flexibility index (Phi) is 7.97. The minimum absolute atomic E-state index is 0.599. The molecule has 2 saturated carbocycles. The fourth-order valence-corrected chi connectivity index (χ4v) is 8.36. The van der Waals surface area contributed by atoms with E-state index in [2.05, 4.69) is 136 Å². The lowest BCUT2D eigenvalue weighted by Crippen LogP contribution is -2.30. The maximum absolute atomic E-state index is 6.41. The Hall–Kier alpha value is -3.09. The summed E-state index contributed by atoms with van der Waals surface area (Å²) in [5.41, 5.74) is 8.34. The minimum atomic E-state index is -1.62. The first kappa shape index (κ1) is 29.0. The zero-order chi connectivity index (χ0) is 29.5. The molecule has 0 amide bonds. The Morgan fingerprint density at radius 3 is 1.10 bits per heavy atom. The van der Waals surface area contributed by atoms with Crippen molar-refractivity contribution in [3.63, 3.8) is 0 Å². The summed E-state index contributed by atoms with van der Waals surface area (Å²) in [5.74, 6) is 4.69. The largest absolute Gasteiger partial charge is 0.544 e. The minimum Gasteiger partial charge on any atom is -0.544 e. The highest BCUT2D eigenvalue weighted by Gasteiger charge is 2.35. The smallest absolute Gasteiger partial charge is 0.242 e. The third-order valence-electron chi connectivity index (χ3n) is 8.92. The lowest BCUT2D eigenvalue weighted by atomic mass is 9.68. The molecule has 2 aliphatic carbocycles. The van der Waals surface area contributed by atoms with Crippen molar-refractivity contribution in [3.8, 4) is 22.6 Å². The van der Waals surface area contributed by atoms with E-state index >= 15 is 0 Å². The molecular weight excluding hydrogens is 545 g/mol. The highest BCUT2D eigenvalue weighted by atomic mass is 28.4. The molecular formula is C38H46O2Si2. The molecule has 218 valence electrons. The van der Waals surface area contributed by atoms with Gasteiger partial charge in [-0.1, -0.05) is 84.9 Å². The van der Waals surface area contributed by atoms with E-state index in [1.54, 1.807) is 0 Å². The van der Waals surface area contributed by atoms with Crippen LogP contribution >= 0.6 is 0 Å². The van der Waals surface area contributed by atoms with Gasteiger partial charge in [-0.3, -0.25) is 0 Å². The van der Waals surface area contributed by atoms with E-state index in [1.165, 1.54) is 59.1 Å². The van der Waals surface area contributed by atoms with E-state index in [-0.39, 0.29) is 0 Å². The average molecular weight is 591 g/mol. The molecule has 6 rings (SSSR count). The summed E-state index contributed by atoms with van der Waals surface area (Å²) < 4.78 is 12.8. The molecule has 0 heterocycles. The van der Waals surface area contributed by atoms with Crippen LogP contribution in [0.4, 0.5) is 0 Å². The van der Waals surface area contributed by atoms with Crippen LogP contribution < -0.4 is 8.85 Å². The second-order valence-electron chi connectivity index (χ2n) is 14.5. The van der Waals surface area contributed by atoms with E-state index < -0.39 is 16.6 Å². The van der Waals surface area contributed by atoms with Gasteiger partial charge in [0.1, 0.15) is 11.5 Å². The molecule has 0 bridgehead atoms. The van der Waals surface area contributed by atoms with Crippen molar-refractivity contribution in [2.75, 3.05) is 0 Å². The predicted molar refractivity (Wildman–Crippen MR) is 182 cm³/mol. The molecule has 4 aromatic carbocycles. The molecule has 0 N–H and O–H groups in total. The lowest BCUT2D eigenvalue weighted by Gasteiger charge is -2.38. The van der Waals surface area contributed by atoms with Gasteiger partial charge in [-0.2, -0.15) is 0 Å². The van der Waals surface area contributed by atoms with Crippen molar-refractivity contribution in [1.82, 2.24) is 0 Å². The van der Waals surface area contributed by atoms with Crippen LogP contribution in [0, 0.1) is 0 Å². The quantitative estimate of drug-likeness (QED) is 0.181. The van der Waals surface area contributed by atoms with Gasteiger partial charge in [0, 0.05) is 0 Å². The maximum Gasteiger partial charge on any atom is 0.242 e. The molecule has 2 aliphatic rings. The Balaban J connectivity index is 1.05. The topological polar surface area (TPSA) is 18.5 Å². The molecule has 0 radical (unpaired) electrons. The first-order valence-electron chi connectivity index (χ1n) is 15.8.